The zero-order valence-corrected chi connectivity index (χ0v) is 20.3. The topological polar surface area (TPSA) is 28.7 Å². The molecule has 2 heteroatoms. The molecule has 0 unspecified atom stereocenters. The normalized spacial score (nSPS) is 10.9. The SMILES string of the molecule is CC(C)c1ccc(-c2nc(-c3ccccc3)[nH]c2-c2ccc(C(C)C)cc2)cc1.CCC. The van der Waals surface area contributed by atoms with Gasteiger partial charge in [-0.1, -0.05) is 127 Å². The first-order chi connectivity index (χ1) is 15.4. The molecule has 1 N–H and O–H groups in total. The third-order valence-corrected chi connectivity index (χ3v) is 5.47. The predicted octanol–water partition coefficient (Wildman–Crippen LogP) is 9.07. The van der Waals surface area contributed by atoms with E-state index in [1.54, 1.807) is 0 Å². The van der Waals surface area contributed by atoms with E-state index in [-0.39, 0.29) is 0 Å². The average Bonchev–Trinajstić information content (AvgIpc) is 3.26. The molecule has 32 heavy (non-hydrogen) atoms. The fourth-order valence-corrected chi connectivity index (χ4v) is 3.58. The van der Waals surface area contributed by atoms with Crippen LogP contribution in [0.3, 0.4) is 0 Å². The highest BCUT2D eigenvalue weighted by atomic mass is 14.9. The lowest BCUT2D eigenvalue weighted by atomic mass is 9.97. The van der Waals surface area contributed by atoms with Gasteiger partial charge in [-0.05, 0) is 23.0 Å². The summed E-state index contributed by atoms with van der Waals surface area (Å²) in [6.07, 6.45) is 1.25. The van der Waals surface area contributed by atoms with Crippen LogP contribution in [-0.4, -0.2) is 9.97 Å². The maximum atomic E-state index is 5.00. The second kappa shape index (κ2) is 10.9. The van der Waals surface area contributed by atoms with Crippen LogP contribution in [0.2, 0.25) is 0 Å². The number of nitrogens with one attached hydrogen (secondary N) is 1. The lowest BCUT2D eigenvalue weighted by Crippen LogP contribution is -1.89. The van der Waals surface area contributed by atoms with E-state index >= 15 is 0 Å². The Hall–Kier alpha value is -3.13. The van der Waals surface area contributed by atoms with Crippen molar-refractivity contribution in [2.45, 2.75) is 59.8 Å². The van der Waals surface area contributed by atoms with Crippen molar-refractivity contribution >= 4 is 0 Å². The Morgan fingerprint density at radius 1 is 0.625 bits per heavy atom. The second-order valence-corrected chi connectivity index (χ2v) is 8.94. The third kappa shape index (κ3) is 5.56. The van der Waals surface area contributed by atoms with E-state index in [4.69, 9.17) is 4.98 Å². The van der Waals surface area contributed by atoms with Gasteiger partial charge in [-0.15, -0.1) is 0 Å². The molecular formula is C30H36N2. The zero-order valence-electron chi connectivity index (χ0n) is 20.3. The largest absolute Gasteiger partial charge is 0.337 e. The summed E-state index contributed by atoms with van der Waals surface area (Å²) < 4.78 is 0. The van der Waals surface area contributed by atoms with E-state index in [9.17, 15) is 0 Å². The highest BCUT2D eigenvalue weighted by Crippen LogP contribution is 2.34. The third-order valence-electron chi connectivity index (χ3n) is 5.47. The van der Waals surface area contributed by atoms with Crippen molar-refractivity contribution in [2.75, 3.05) is 0 Å². The minimum Gasteiger partial charge on any atom is -0.337 e. The molecule has 0 saturated carbocycles. The maximum absolute atomic E-state index is 5.00. The Morgan fingerprint density at radius 3 is 1.56 bits per heavy atom. The van der Waals surface area contributed by atoms with Gasteiger partial charge in [0, 0.05) is 16.7 Å². The Bertz CT molecular complexity index is 1020. The summed E-state index contributed by atoms with van der Waals surface area (Å²) in [6.45, 7) is 13.1. The molecule has 4 rings (SSSR count). The second-order valence-electron chi connectivity index (χ2n) is 8.94. The number of hydrogen-bond acceptors (Lipinski definition) is 1. The van der Waals surface area contributed by atoms with Gasteiger partial charge in [0.25, 0.3) is 0 Å². The predicted molar refractivity (Wildman–Crippen MR) is 139 cm³/mol. The van der Waals surface area contributed by atoms with Crippen LogP contribution in [0.25, 0.3) is 33.9 Å². The fourth-order valence-electron chi connectivity index (χ4n) is 3.58. The van der Waals surface area contributed by atoms with Crippen molar-refractivity contribution in [1.29, 1.82) is 0 Å². The molecule has 0 saturated heterocycles. The molecule has 1 aromatic heterocycles. The molecule has 4 aromatic rings. The highest BCUT2D eigenvalue weighted by molar-refractivity contribution is 5.81. The van der Waals surface area contributed by atoms with Crippen LogP contribution in [0.1, 0.15) is 70.9 Å². The maximum Gasteiger partial charge on any atom is 0.138 e. The number of rotatable bonds is 5. The van der Waals surface area contributed by atoms with Gasteiger partial charge in [0.05, 0.1) is 11.4 Å². The lowest BCUT2D eigenvalue weighted by molar-refractivity contribution is 0.867. The Kier molecular flexibility index (Phi) is 8.05. The van der Waals surface area contributed by atoms with E-state index in [2.05, 4.69) is 107 Å². The summed E-state index contributed by atoms with van der Waals surface area (Å²) in [5.74, 6) is 1.94. The van der Waals surface area contributed by atoms with Crippen molar-refractivity contribution in [1.82, 2.24) is 9.97 Å². The molecule has 0 amide bonds. The molecule has 0 aliphatic heterocycles. The fraction of sp³-hybridized carbons (Fsp3) is 0.300. The smallest absolute Gasteiger partial charge is 0.138 e. The molecule has 0 spiro atoms. The lowest BCUT2D eigenvalue weighted by Gasteiger charge is -2.09. The molecular weight excluding hydrogens is 388 g/mol. The number of H-pyrrole nitrogens is 1. The molecule has 2 nitrogen and oxygen atoms in total. The molecule has 0 atom stereocenters. The molecule has 3 aromatic carbocycles. The van der Waals surface area contributed by atoms with Crippen LogP contribution in [-0.2, 0) is 0 Å². The van der Waals surface area contributed by atoms with Crippen molar-refractivity contribution in [2.24, 2.45) is 0 Å². The summed E-state index contributed by atoms with van der Waals surface area (Å²) in [5.41, 5.74) is 8.14. The van der Waals surface area contributed by atoms with Crippen LogP contribution in [0.15, 0.2) is 78.9 Å². The average molecular weight is 425 g/mol. The van der Waals surface area contributed by atoms with Gasteiger partial charge in [-0.25, -0.2) is 4.98 Å². The monoisotopic (exact) mass is 424 g/mol. The number of imidazole rings is 1. The van der Waals surface area contributed by atoms with Crippen molar-refractivity contribution < 1.29 is 0 Å². The molecule has 0 bridgehead atoms. The van der Waals surface area contributed by atoms with Gasteiger partial charge in [-0.2, -0.15) is 0 Å². The van der Waals surface area contributed by atoms with E-state index in [1.165, 1.54) is 17.5 Å². The summed E-state index contributed by atoms with van der Waals surface area (Å²) in [5, 5.41) is 0. The molecule has 0 fully saturated rings. The van der Waals surface area contributed by atoms with Crippen molar-refractivity contribution in [3.8, 4) is 33.9 Å². The molecule has 166 valence electrons. The van der Waals surface area contributed by atoms with Crippen LogP contribution in [0.5, 0.6) is 0 Å². The van der Waals surface area contributed by atoms with E-state index in [0.717, 1.165) is 33.9 Å². The van der Waals surface area contributed by atoms with Crippen LogP contribution >= 0.6 is 0 Å². The highest BCUT2D eigenvalue weighted by Gasteiger charge is 2.16. The quantitative estimate of drug-likeness (QED) is 0.340. The Morgan fingerprint density at radius 2 is 1.09 bits per heavy atom. The van der Waals surface area contributed by atoms with Gasteiger partial charge >= 0.3 is 0 Å². The molecule has 0 aliphatic carbocycles. The van der Waals surface area contributed by atoms with Crippen LogP contribution in [0, 0.1) is 0 Å². The summed E-state index contributed by atoms with van der Waals surface area (Å²) in [6, 6.07) is 27.9. The van der Waals surface area contributed by atoms with Crippen LogP contribution < -0.4 is 0 Å². The first-order valence-corrected chi connectivity index (χ1v) is 11.8. The van der Waals surface area contributed by atoms with Gasteiger partial charge in [0.15, 0.2) is 0 Å². The number of benzene rings is 3. The first kappa shape index (κ1) is 23.5. The van der Waals surface area contributed by atoms with E-state index in [0.29, 0.717) is 11.8 Å². The number of hydrogen-bond donors (Lipinski definition) is 1. The van der Waals surface area contributed by atoms with E-state index in [1.807, 2.05) is 18.2 Å². The molecule has 0 aliphatic rings. The standard InChI is InChI=1S/C27H28N2.C3H8/c1-18(2)20-10-14-22(15-11-20)25-26(23-16-12-21(13-17-23)19(3)4)29-27(28-25)24-8-6-5-7-9-24;1-3-2/h5-19H,1-4H3,(H,28,29);3H2,1-2H3. The zero-order chi connectivity index (χ0) is 23.1. The number of nitrogens with zero attached hydrogens (tertiary/aromatic N) is 1. The number of aromatic amines is 1. The summed E-state index contributed by atoms with van der Waals surface area (Å²) in [7, 11) is 0. The Balaban J connectivity index is 0.000000913. The van der Waals surface area contributed by atoms with Gasteiger partial charge in [-0.3, -0.25) is 0 Å². The summed E-state index contributed by atoms with van der Waals surface area (Å²) >= 11 is 0. The van der Waals surface area contributed by atoms with Gasteiger partial charge in [0.1, 0.15) is 5.82 Å². The Labute approximate surface area is 193 Å². The first-order valence-electron chi connectivity index (χ1n) is 11.8. The minimum atomic E-state index is 0.520. The van der Waals surface area contributed by atoms with Crippen LogP contribution in [0.4, 0.5) is 0 Å². The van der Waals surface area contributed by atoms with Gasteiger partial charge < -0.3 is 4.98 Å². The summed E-state index contributed by atoms with van der Waals surface area (Å²) in [4.78, 5) is 8.59. The van der Waals surface area contributed by atoms with E-state index < -0.39 is 0 Å². The number of aromatic nitrogens is 2. The van der Waals surface area contributed by atoms with Crippen molar-refractivity contribution in [3.63, 3.8) is 0 Å². The molecule has 0 radical (unpaired) electrons. The van der Waals surface area contributed by atoms with Crippen molar-refractivity contribution in [3.05, 3.63) is 90.0 Å². The molecule has 1 heterocycles. The van der Waals surface area contributed by atoms with Gasteiger partial charge in [0.2, 0.25) is 0 Å². The minimum absolute atomic E-state index is 0.520.